The Morgan fingerprint density at radius 2 is 2.24 bits per heavy atom. The molecule has 0 aromatic heterocycles. The molecule has 0 aliphatic heterocycles. The Labute approximate surface area is 104 Å². The van der Waals surface area contributed by atoms with Crippen LogP contribution in [0.5, 0.6) is 5.75 Å². The molecule has 0 radical (unpaired) electrons. The van der Waals surface area contributed by atoms with Crippen LogP contribution in [-0.4, -0.2) is 13.7 Å². The van der Waals surface area contributed by atoms with E-state index in [2.05, 4.69) is 30.4 Å². The van der Waals surface area contributed by atoms with Gasteiger partial charge in [0.2, 0.25) is 0 Å². The van der Waals surface area contributed by atoms with Gasteiger partial charge in [0.1, 0.15) is 5.75 Å². The highest BCUT2D eigenvalue weighted by molar-refractivity contribution is 5.71. The molecular weight excluding hydrogens is 210 g/mol. The van der Waals surface area contributed by atoms with Crippen LogP contribution in [0.2, 0.25) is 0 Å². The third-order valence-electron chi connectivity index (χ3n) is 3.27. The van der Waals surface area contributed by atoms with Gasteiger partial charge in [0.05, 0.1) is 7.11 Å². The summed E-state index contributed by atoms with van der Waals surface area (Å²) in [6.07, 6.45) is 6.07. The van der Waals surface area contributed by atoms with Gasteiger partial charge in [0, 0.05) is 6.54 Å². The molecule has 1 aromatic carbocycles. The van der Waals surface area contributed by atoms with Crippen LogP contribution in [0.25, 0.3) is 5.57 Å². The van der Waals surface area contributed by atoms with Gasteiger partial charge in [-0.05, 0) is 54.6 Å². The zero-order valence-corrected chi connectivity index (χ0v) is 10.8. The minimum absolute atomic E-state index is 0.938. The summed E-state index contributed by atoms with van der Waals surface area (Å²) in [6, 6.07) is 6.39. The van der Waals surface area contributed by atoms with Crippen molar-refractivity contribution in [3.8, 4) is 5.75 Å². The van der Waals surface area contributed by atoms with Crippen LogP contribution in [0.15, 0.2) is 24.3 Å². The molecule has 0 spiro atoms. The summed E-state index contributed by atoms with van der Waals surface area (Å²) < 4.78 is 5.33. The van der Waals surface area contributed by atoms with E-state index in [1.807, 2.05) is 6.07 Å². The van der Waals surface area contributed by atoms with Crippen molar-refractivity contribution >= 4 is 5.57 Å². The van der Waals surface area contributed by atoms with E-state index in [9.17, 15) is 0 Å². The Bertz CT molecular complexity index is 409. The molecule has 0 saturated carbocycles. The van der Waals surface area contributed by atoms with E-state index in [1.54, 1.807) is 7.11 Å². The Balaban J connectivity index is 2.29. The van der Waals surface area contributed by atoms with Crippen molar-refractivity contribution in [2.24, 2.45) is 0 Å². The Hall–Kier alpha value is -1.28. The number of allylic oxidation sites excluding steroid dienone is 2. The molecule has 0 atom stereocenters. The molecule has 1 aromatic rings. The lowest BCUT2D eigenvalue weighted by Crippen LogP contribution is -2.13. The number of hydrogen-bond donors (Lipinski definition) is 1. The fourth-order valence-corrected chi connectivity index (χ4v) is 2.31. The molecular formula is C15H21NO. The largest absolute Gasteiger partial charge is 0.497 e. The number of hydrogen-bond acceptors (Lipinski definition) is 2. The second-order valence-electron chi connectivity index (χ2n) is 4.42. The first-order chi connectivity index (χ1) is 8.35. The zero-order valence-electron chi connectivity index (χ0n) is 10.8. The molecule has 2 heteroatoms. The normalized spacial score (nSPS) is 14.8. The van der Waals surface area contributed by atoms with Crippen molar-refractivity contribution in [1.82, 2.24) is 5.32 Å². The Morgan fingerprint density at radius 1 is 1.35 bits per heavy atom. The van der Waals surface area contributed by atoms with Crippen molar-refractivity contribution in [1.29, 1.82) is 0 Å². The fraction of sp³-hybridized carbons (Fsp3) is 0.467. The summed E-state index contributed by atoms with van der Waals surface area (Å²) in [5.41, 5.74) is 4.22. The number of nitrogens with one attached hydrogen (secondary N) is 1. The van der Waals surface area contributed by atoms with Crippen molar-refractivity contribution in [2.45, 2.75) is 32.7 Å². The van der Waals surface area contributed by atoms with Gasteiger partial charge in [0.15, 0.2) is 0 Å². The summed E-state index contributed by atoms with van der Waals surface area (Å²) in [7, 11) is 1.73. The van der Waals surface area contributed by atoms with Crippen molar-refractivity contribution in [3.63, 3.8) is 0 Å². The van der Waals surface area contributed by atoms with E-state index >= 15 is 0 Å². The molecule has 17 heavy (non-hydrogen) atoms. The SMILES string of the molecule is CCNCc1ccc(OC)cc1C1=CCCC1. The van der Waals surface area contributed by atoms with Crippen LogP contribution >= 0.6 is 0 Å². The third kappa shape index (κ3) is 2.89. The summed E-state index contributed by atoms with van der Waals surface area (Å²) >= 11 is 0. The maximum absolute atomic E-state index is 5.33. The first kappa shape index (κ1) is 12.2. The minimum Gasteiger partial charge on any atom is -0.497 e. The highest BCUT2D eigenvalue weighted by Crippen LogP contribution is 2.32. The monoisotopic (exact) mass is 231 g/mol. The van der Waals surface area contributed by atoms with E-state index in [1.165, 1.54) is 36.0 Å². The second-order valence-corrected chi connectivity index (χ2v) is 4.42. The standard InChI is InChI=1S/C15H21NO/c1-3-16-11-13-8-9-14(17-2)10-15(13)12-6-4-5-7-12/h6,8-10,16H,3-5,7,11H2,1-2H3. The van der Waals surface area contributed by atoms with Crippen LogP contribution < -0.4 is 10.1 Å². The summed E-state index contributed by atoms with van der Waals surface area (Å²) in [5, 5.41) is 3.40. The zero-order chi connectivity index (χ0) is 12.1. The molecule has 92 valence electrons. The molecule has 2 nitrogen and oxygen atoms in total. The number of rotatable bonds is 5. The summed E-state index contributed by atoms with van der Waals surface area (Å²) in [6.45, 7) is 4.08. The molecule has 1 aliphatic rings. The van der Waals surface area contributed by atoms with E-state index in [0.29, 0.717) is 0 Å². The van der Waals surface area contributed by atoms with Gasteiger partial charge in [-0.2, -0.15) is 0 Å². The second kappa shape index (κ2) is 5.87. The van der Waals surface area contributed by atoms with Gasteiger partial charge >= 0.3 is 0 Å². The molecule has 0 unspecified atom stereocenters. The molecule has 1 N–H and O–H groups in total. The molecule has 1 aliphatic carbocycles. The van der Waals surface area contributed by atoms with Gasteiger partial charge in [-0.3, -0.25) is 0 Å². The van der Waals surface area contributed by atoms with Gasteiger partial charge in [-0.1, -0.05) is 19.1 Å². The van der Waals surface area contributed by atoms with Gasteiger partial charge < -0.3 is 10.1 Å². The van der Waals surface area contributed by atoms with E-state index in [4.69, 9.17) is 4.74 Å². The molecule has 0 amide bonds. The minimum atomic E-state index is 0.938. The van der Waals surface area contributed by atoms with Crippen LogP contribution in [0.3, 0.4) is 0 Å². The summed E-state index contributed by atoms with van der Waals surface area (Å²) in [4.78, 5) is 0. The fourth-order valence-electron chi connectivity index (χ4n) is 2.31. The third-order valence-corrected chi connectivity index (χ3v) is 3.27. The van der Waals surface area contributed by atoms with Gasteiger partial charge in [-0.15, -0.1) is 0 Å². The van der Waals surface area contributed by atoms with Crippen LogP contribution in [0, 0.1) is 0 Å². The molecule has 0 bridgehead atoms. The lowest BCUT2D eigenvalue weighted by atomic mass is 9.98. The smallest absolute Gasteiger partial charge is 0.119 e. The highest BCUT2D eigenvalue weighted by atomic mass is 16.5. The highest BCUT2D eigenvalue weighted by Gasteiger charge is 2.12. The first-order valence-corrected chi connectivity index (χ1v) is 6.42. The van der Waals surface area contributed by atoms with Crippen LogP contribution in [0.1, 0.15) is 37.3 Å². The molecule has 0 heterocycles. The van der Waals surface area contributed by atoms with Crippen LogP contribution in [-0.2, 0) is 6.54 Å². The first-order valence-electron chi connectivity index (χ1n) is 6.42. The number of benzene rings is 1. The lowest BCUT2D eigenvalue weighted by molar-refractivity contribution is 0.414. The summed E-state index contributed by atoms with van der Waals surface area (Å²) in [5.74, 6) is 0.952. The van der Waals surface area contributed by atoms with Gasteiger partial charge in [0.25, 0.3) is 0 Å². The van der Waals surface area contributed by atoms with Crippen molar-refractivity contribution in [3.05, 3.63) is 35.4 Å². The maximum atomic E-state index is 5.33. The molecule has 2 rings (SSSR count). The van der Waals surface area contributed by atoms with Crippen LogP contribution in [0.4, 0.5) is 0 Å². The van der Waals surface area contributed by atoms with Gasteiger partial charge in [-0.25, -0.2) is 0 Å². The maximum Gasteiger partial charge on any atom is 0.119 e. The topological polar surface area (TPSA) is 21.3 Å². The lowest BCUT2D eigenvalue weighted by Gasteiger charge is -2.13. The van der Waals surface area contributed by atoms with Crippen molar-refractivity contribution in [2.75, 3.05) is 13.7 Å². The van der Waals surface area contributed by atoms with E-state index < -0.39 is 0 Å². The quantitative estimate of drug-likeness (QED) is 0.839. The molecule has 0 saturated heterocycles. The average molecular weight is 231 g/mol. The molecule has 0 fully saturated rings. The van der Waals surface area contributed by atoms with E-state index in [0.717, 1.165) is 18.8 Å². The average Bonchev–Trinajstić information content (AvgIpc) is 2.90. The number of methoxy groups -OCH3 is 1. The predicted molar refractivity (Wildman–Crippen MR) is 72.2 cm³/mol. The Kier molecular flexibility index (Phi) is 4.21. The number of ether oxygens (including phenoxy) is 1. The van der Waals surface area contributed by atoms with Crippen molar-refractivity contribution < 1.29 is 4.74 Å². The Morgan fingerprint density at radius 3 is 2.88 bits per heavy atom. The predicted octanol–water partition coefficient (Wildman–Crippen LogP) is 3.37. The van der Waals surface area contributed by atoms with E-state index in [-0.39, 0.29) is 0 Å².